The van der Waals surface area contributed by atoms with Crippen LogP contribution in [0.4, 0.5) is 0 Å². The fraction of sp³-hybridized carbons (Fsp3) is 0.733. The average molecular weight is 301 g/mol. The minimum Gasteiger partial charge on any atom is -0.146 e. The SMILES string of the molecule is Clc1ccsc1C(Cl)C1C2CC3CC(C2)CC1C3. The molecule has 18 heavy (non-hydrogen) atoms. The van der Waals surface area contributed by atoms with E-state index in [1.54, 1.807) is 11.3 Å². The summed E-state index contributed by atoms with van der Waals surface area (Å²) in [4.78, 5) is 1.22. The summed E-state index contributed by atoms with van der Waals surface area (Å²) in [6.45, 7) is 0. The Labute approximate surface area is 123 Å². The van der Waals surface area contributed by atoms with Gasteiger partial charge in [-0.25, -0.2) is 0 Å². The van der Waals surface area contributed by atoms with Crippen molar-refractivity contribution >= 4 is 34.5 Å². The van der Waals surface area contributed by atoms with Crippen molar-refractivity contribution in [2.75, 3.05) is 0 Å². The van der Waals surface area contributed by atoms with Gasteiger partial charge in [0.25, 0.3) is 0 Å². The summed E-state index contributed by atoms with van der Waals surface area (Å²) in [5.41, 5.74) is 0. The first-order chi connectivity index (χ1) is 8.72. The topological polar surface area (TPSA) is 0 Å². The first kappa shape index (κ1) is 12.1. The van der Waals surface area contributed by atoms with Gasteiger partial charge in [0.2, 0.25) is 0 Å². The highest BCUT2D eigenvalue weighted by molar-refractivity contribution is 7.11. The van der Waals surface area contributed by atoms with E-state index in [4.69, 9.17) is 23.2 Å². The molecule has 0 amide bonds. The van der Waals surface area contributed by atoms with Crippen LogP contribution in [0.3, 0.4) is 0 Å². The molecule has 0 aromatic carbocycles. The van der Waals surface area contributed by atoms with Crippen LogP contribution < -0.4 is 0 Å². The molecule has 1 aromatic heterocycles. The van der Waals surface area contributed by atoms with Crippen LogP contribution >= 0.6 is 34.5 Å². The normalized spacial score (nSPS) is 43.3. The summed E-state index contributed by atoms with van der Waals surface area (Å²) < 4.78 is 0. The number of alkyl halides is 1. The highest BCUT2D eigenvalue weighted by Gasteiger charge is 2.50. The third-order valence-corrected chi connectivity index (χ3v) is 7.61. The smallest absolute Gasteiger partial charge is 0.0726 e. The molecular formula is C15H18Cl2S. The molecule has 4 aliphatic carbocycles. The fourth-order valence-corrected chi connectivity index (χ4v) is 7.07. The summed E-state index contributed by atoms with van der Waals surface area (Å²) in [5, 5.41) is 3.12. The lowest BCUT2D eigenvalue weighted by Gasteiger charge is -2.55. The van der Waals surface area contributed by atoms with Gasteiger partial charge in [-0.15, -0.1) is 22.9 Å². The number of hydrogen-bond donors (Lipinski definition) is 0. The van der Waals surface area contributed by atoms with Crippen LogP contribution in [-0.4, -0.2) is 0 Å². The molecule has 4 saturated carbocycles. The van der Waals surface area contributed by atoms with Crippen molar-refractivity contribution < 1.29 is 0 Å². The highest BCUT2D eigenvalue weighted by Crippen LogP contribution is 2.61. The van der Waals surface area contributed by atoms with Gasteiger partial charge in [-0.05, 0) is 73.1 Å². The van der Waals surface area contributed by atoms with Gasteiger partial charge in [0.1, 0.15) is 0 Å². The van der Waals surface area contributed by atoms with Crippen LogP contribution in [0.15, 0.2) is 11.4 Å². The van der Waals surface area contributed by atoms with Gasteiger partial charge >= 0.3 is 0 Å². The maximum absolute atomic E-state index is 6.82. The number of halogens is 2. The summed E-state index contributed by atoms with van der Waals surface area (Å²) in [6, 6.07) is 1.99. The summed E-state index contributed by atoms with van der Waals surface area (Å²) >= 11 is 14.8. The van der Waals surface area contributed by atoms with E-state index in [0.29, 0.717) is 5.92 Å². The molecule has 1 unspecified atom stereocenters. The van der Waals surface area contributed by atoms with E-state index < -0.39 is 0 Å². The van der Waals surface area contributed by atoms with E-state index in [-0.39, 0.29) is 5.38 Å². The highest BCUT2D eigenvalue weighted by atomic mass is 35.5. The van der Waals surface area contributed by atoms with Crippen LogP contribution in [0.5, 0.6) is 0 Å². The molecule has 0 N–H and O–H groups in total. The lowest BCUT2D eigenvalue weighted by atomic mass is 9.51. The van der Waals surface area contributed by atoms with Crippen molar-refractivity contribution in [2.24, 2.45) is 29.6 Å². The molecule has 0 nitrogen and oxygen atoms in total. The van der Waals surface area contributed by atoms with Gasteiger partial charge in [0.05, 0.1) is 10.4 Å². The standard InChI is InChI=1S/C15H18Cl2S/c16-12-1-2-18-15(12)14(17)13-10-4-8-3-9(6-10)7-11(13)5-8/h1-2,8-11,13-14H,3-7H2. The average Bonchev–Trinajstić information content (AvgIpc) is 2.73. The summed E-state index contributed by atoms with van der Waals surface area (Å²) in [5.74, 6) is 4.48. The molecule has 1 heterocycles. The minimum atomic E-state index is 0.160. The molecule has 1 aromatic rings. The molecule has 0 spiro atoms. The van der Waals surface area contributed by atoms with Gasteiger partial charge in [-0.2, -0.15) is 0 Å². The van der Waals surface area contributed by atoms with Crippen molar-refractivity contribution in [2.45, 2.75) is 37.5 Å². The zero-order valence-corrected chi connectivity index (χ0v) is 12.6. The van der Waals surface area contributed by atoms with E-state index in [2.05, 4.69) is 5.38 Å². The summed E-state index contributed by atoms with van der Waals surface area (Å²) in [6.07, 6.45) is 7.24. The monoisotopic (exact) mass is 300 g/mol. The first-order valence-electron chi connectivity index (χ1n) is 7.09. The van der Waals surface area contributed by atoms with E-state index in [9.17, 15) is 0 Å². The second-order valence-corrected chi connectivity index (χ2v) is 8.37. The van der Waals surface area contributed by atoms with Crippen molar-refractivity contribution in [3.8, 4) is 0 Å². The second-order valence-electron chi connectivity index (χ2n) is 6.54. The maximum Gasteiger partial charge on any atom is 0.0726 e. The third kappa shape index (κ3) is 1.77. The largest absolute Gasteiger partial charge is 0.146 e. The van der Waals surface area contributed by atoms with Crippen LogP contribution in [0.25, 0.3) is 0 Å². The minimum absolute atomic E-state index is 0.160. The lowest BCUT2D eigenvalue weighted by Crippen LogP contribution is -2.46. The molecule has 4 fully saturated rings. The van der Waals surface area contributed by atoms with Gasteiger partial charge in [0, 0.05) is 4.88 Å². The Hall–Kier alpha value is 0.280. The Bertz CT molecular complexity index is 425. The predicted molar refractivity (Wildman–Crippen MR) is 78.5 cm³/mol. The fourth-order valence-electron chi connectivity index (χ4n) is 5.12. The lowest BCUT2D eigenvalue weighted by molar-refractivity contribution is -0.0377. The van der Waals surface area contributed by atoms with E-state index >= 15 is 0 Å². The second kappa shape index (κ2) is 4.40. The Morgan fingerprint density at radius 1 is 1.06 bits per heavy atom. The molecular weight excluding hydrogens is 283 g/mol. The number of hydrogen-bond acceptors (Lipinski definition) is 1. The molecule has 0 aliphatic heterocycles. The molecule has 4 aliphatic rings. The molecule has 0 saturated heterocycles. The van der Waals surface area contributed by atoms with Gasteiger partial charge in [-0.3, -0.25) is 0 Å². The van der Waals surface area contributed by atoms with Crippen LogP contribution in [0.1, 0.15) is 42.4 Å². The molecule has 1 atom stereocenters. The number of rotatable bonds is 2. The van der Waals surface area contributed by atoms with Crippen LogP contribution in [0.2, 0.25) is 5.02 Å². The predicted octanol–water partition coefficient (Wildman–Crippen LogP) is 5.75. The van der Waals surface area contributed by atoms with Gasteiger partial charge < -0.3 is 0 Å². The van der Waals surface area contributed by atoms with Crippen LogP contribution in [-0.2, 0) is 0 Å². The first-order valence-corrected chi connectivity index (χ1v) is 8.78. The quantitative estimate of drug-likeness (QED) is 0.610. The van der Waals surface area contributed by atoms with Crippen LogP contribution in [0, 0.1) is 29.6 Å². The molecule has 0 radical (unpaired) electrons. The van der Waals surface area contributed by atoms with Gasteiger partial charge in [-0.1, -0.05) is 11.6 Å². The maximum atomic E-state index is 6.82. The molecule has 98 valence electrons. The van der Waals surface area contributed by atoms with Crippen molar-refractivity contribution in [3.05, 3.63) is 21.3 Å². The Kier molecular flexibility index (Phi) is 2.94. The Balaban J connectivity index is 1.63. The van der Waals surface area contributed by atoms with Crippen molar-refractivity contribution in [1.82, 2.24) is 0 Å². The molecule has 3 heteroatoms. The van der Waals surface area contributed by atoms with E-state index in [0.717, 1.165) is 28.7 Å². The molecule has 4 bridgehead atoms. The van der Waals surface area contributed by atoms with Gasteiger partial charge in [0.15, 0.2) is 0 Å². The number of thiophene rings is 1. The van der Waals surface area contributed by atoms with Crippen molar-refractivity contribution in [1.29, 1.82) is 0 Å². The Morgan fingerprint density at radius 3 is 2.17 bits per heavy atom. The molecule has 5 rings (SSSR count). The van der Waals surface area contributed by atoms with E-state index in [1.165, 1.54) is 37.0 Å². The zero-order valence-electron chi connectivity index (χ0n) is 10.3. The Morgan fingerprint density at radius 2 is 1.67 bits per heavy atom. The van der Waals surface area contributed by atoms with E-state index in [1.807, 2.05) is 6.07 Å². The third-order valence-electron chi connectivity index (χ3n) is 5.53. The van der Waals surface area contributed by atoms with Crippen molar-refractivity contribution in [3.63, 3.8) is 0 Å². The summed E-state index contributed by atoms with van der Waals surface area (Å²) in [7, 11) is 0. The zero-order chi connectivity index (χ0) is 12.3.